The Labute approximate surface area is 160 Å². The van der Waals surface area contributed by atoms with Crippen molar-refractivity contribution in [2.24, 2.45) is 5.92 Å². The molecular weight excluding hydrogens is 340 g/mol. The molecule has 5 nitrogen and oxygen atoms in total. The van der Waals surface area contributed by atoms with Gasteiger partial charge in [-0.05, 0) is 37.3 Å². The van der Waals surface area contributed by atoms with E-state index < -0.39 is 5.60 Å². The maximum Gasteiger partial charge on any atom is 0.224 e. The fraction of sp³-hybridized carbons (Fsp3) is 0.591. The number of nitrogens with one attached hydrogen (secondary N) is 1. The average Bonchev–Trinajstić information content (AvgIpc) is 2.78. The Kier molecular flexibility index (Phi) is 5.24. The van der Waals surface area contributed by atoms with Crippen LogP contribution in [0.5, 0.6) is 0 Å². The number of aryl methyl sites for hydroxylation is 1. The lowest BCUT2D eigenvalue weighted by atomic mass is 9.96. The molecule has 27 heavy (non-hydrogen) atoms. The molecule has 1 aromatic heterocycles. The van der Waals surface area contributed by atoms with Gasteiger partial charge in [0.05, 0.1) is 31.0 Å². The van der Waals surface area contributed by atoms with E-state index in [2.05, 4.69) is 18.3 Å². The second-order valence-electron chi connectivity index (χ2n) is 8.47. The first-order valence-corrected chi connectivity index (χ1v) is 10.2. The molecule has 1 saturated carbocycles. The minimum atomic E-state index is -0.808. The van der Waals surface area contributed by atoms with Crippen molar-refractivity contribution in [3.63, 3.8) is 0 Å². The molecule has 5 heteroatoms. The average molecular weight is 370 g/mol. The molecule has 2 N–H and O–H groups in total. The summed E-state index contributed by atoms with van der Waals surface area (Å²) in [5, 5.41) is 14.7. The van der Waals surface area contributed by atoms with Crippen molar-refractivity contribution >= 4 is 22.5 Å². The van der Waals surface area contributed by atoms with E-state index in [9.17, 15) is 9.90 Å². The number of carbonyl (C=O) groups is 1. The van der Waals surface area contributed by atoms with Gasteiger partial charge in [0.2, 0.25) is 5.91 Å². The molecule has 1 aliphatic heterocycles. The van der Waals surface area contributed by atoms with Crippen molar-refractivity contribution in [3.05, 3.63) is 30.0 Å². The van der Waals surface area contributed by atoms with E-state index in [1.165, 1.54) is 38.5 Å². The highest BCUT2D eigenvalue weighted by Gasteiger charge is 2.37. The van der Waals surface area contributed by atoms with Gasteiger partial charge in [-0.3, -0.25) is 4.79 Å². The first kappa shape index (κ1) is 18.5. The van der Waals surface area contributed by atoms with Crippen molar-refractivity contribution < 1.29 is 14.6 Å². The third kappa shape index (κ3) is 4.04. The van der Waals surface area contributed by atoms with Crippen LogP contribution in [0.4, 0.5) is 5.69 Å². The molecule has 1 amide bonds. The largest absolute Gasteiger partial charge is 0.383 e. The van der Waals surface area contributed by atoms with Crippen LogP contribution in [0.25, 0.3) is 10.9 Å². The summed E-state index contributed by atoms with van der Waals surface area (Å²) in [6.45, 7) is 3.27. The predicted octanol–water partition coefficient (Wildman–Crippen LogP) is 4.01. The summed E-state index contributed by atoms with van der Waals surface area (Å²) in [4.78, 5) is 12.7. The van der Waals surface area contributed by atoms with Gasteiger partial charge in [0.25, 0.3) is 0 Å². The minimum Gasteiger partial charge on any atom is -0.383 e. The van der Waals surface area contributed by atoms with Crippen molar-refractivity contribution in [1.82, 2.24) is 4.57 Å². The molecule has 0 unspecified atom stereocenters. The predicted molar refractivity (Wildman–Crippen MR) is 107 cm³/mol. The summed E-state index contributed by atoms with van der Waals surface area (Å²) in [7, 11) is 0. The van der Waals surface area contributed by atoms with Gasteiger partial charge in [0, 0.05) is 18.0 Å². The SMILES string of the molecule is Cc1cccc2c1c(NC(=O)CC1CCCCCC1)cn2CC1(O)COC1. The van der Waals surface area contributed by atoms with E-state index >= 15 is 0 Å². The molecule has 0 bridgehead atoms. The molecule has 0 spiro atoms. The maximum absolute atomic E-state index is 12.7. The smallest absolute Gasteiger partial charge is 0.224 e. The quantitative estimate of drug-likeness (QED) is 0.782. The zero-order valence-electron chi connectivity index (χ0n) is 16.2. The van der Waals surface area contributed by atoms with E-state index in [4.69, 9.17) is 4.74 Å². The number of amides is 1. The lowest BCUT2D eigenvalue weighted by Crippen LogP contribution is -2.52. The molecule has 2 fully saturated rings. The molecule has 2 aliphatic rings. The van der Waals surface area contributed by atoms with Crippen molar-refractivity contribution in [2.75, 3.05) is 18.5 Å². The first-order chi connectivity index (χ1) is 13.0. The number of rotatable bonds is 5. The highest BCUT2D eigenvalue weighted by atomic mass is 16.5. The van der Waals surface area contributed by atoms with Crippen LogP contribution < -0.4 is 5.32 Å². The Balaban J connectivity index is 1.54. The number of ether oxygens (including phenoxy) is 1. The molecular formula is C22H30N2O3. The number of aliphatic hydroxyl groups is 1. The number of aromatic nitrogens is 1. The topological polar surface area (TPSA) is 63.5 Å². The normalized spacial score (nSPS) is 20.2. The van der Waals surface area contributed by atoms with Gasteiger partial charge in [0.1, 0.15) is 5.60 Å². The maximum atomic E-state index is 12.7. The van der Waals surface area contributed by atoms with Crippen LogP contribution in [0.1, 0.15) is 50.5 Å². The third-order valence-corrected chi connectivity index (χ3v) is 6.04. The van der Waals surface area contributed by atoms with Gasteiger partial charge < -0.3 is 19.7 Å². The molecule has 0 atom stereocenters. The summed E-state index contributed by atoms with van der Waals surface area (Å²) in [6.07, 6.45) is 10.0. The van der Waals surface area contributed by atoms with Crippen LogP contribution >= 0.6 is 0 Å². The number of anilines is 1. The second kappa shape index (κ2) is 7.64. The van der Waals surface area contributed by atoms with Gasteiger partial charge in [-0.15, -0.1) is 0 Å². The number of fused-ring (bicyclic) bond motifs is 1. The highest BCUT2D eigenvalue weighted by Crippen LogP contribution is 2.32. The van der Waals surface area contributed by atoms with E-state index in [0.717, 1.165) is 22.2 Å². The van der Waals surface area contributed by atoms with E-state index in [0.29, 0.717) is 32.1 Å². The molecule has 0 radical (unpaired) electrons. The lowest BCUT2D eigenvalue weighted by Gasteiger charge is -2.36. The Hall–Kier alpha value is -1.85. The van der Waals surface area contributed by atoms with Crippen molar-refractivity contribution in [3.8, 4) is 0 Å². The van der Waals surface area contributed by atoms with Gasteiger partial charge in [-0.1, -0.05) is 37.8 Å². The molecule has 1 aliphatic carbocycles. The fourth-order valence-corrected chi connectivity index (χ4v) is 4.54. The van der Waals surface area contributed by atoms with E-state index in [-0.39, 0.29) is 5.91 Å². The standard InChI is InChI=1S/C22H30N2O3/c1-16-7-6-10-19-21(16)18(12-24(19)13-22(26)14-27-15-22)23-20(25)11-17-8-4-2-3-5-9-17/h6-7,10,12,17,26H,2-5,8-9,11,13-15H2,1H3,(H,23,25). The molecule has 2 heterocycles. The number of nitrogens with zero attached hydrogens (tertiary/aromatic N) is 1. The zero-order chi connectivity index (χ0) is 18.9. The highest BCUT2D eigenvalue weighted by molar-refractivity contribution is 6.03. The van der Waals surface area contributed by atoms with Crippen LogP contribution in [-0.2, 0) is 16.1 Å². The molecule has 1 aromatic carbocycles. The second-order valence-corrected chi connectivity index (χ2v) is 8.47. The molecule has 4 rings (SSSR count). The lowest BCUT2D eigenvalue weighted by molar-refractivity contribution is -0.184. The van der Waals surface area contributed by atoms with E-state index in [1.807, 2.05) is 22.9 Å². The molecule has 1 saturated heterocycles. The van der Waals surface area contributed by atoms with Gasteiger partial charge in [-0.2, -0.15) is 0 Å². The van der Waals surface area contributed by atoms with Crippen LogP contribution in [0.3, 0.4) is 0 Å². The van der Waals surface area contributed by atoms with Crippen molar-refractivity contribution in [2.45, 2.75) is 64.0 Å². The van der Waals surface area contributed by atoms with Crippen LogP contribution in [-0.4, -0.2) is 34.4 Å². The number of hydrogen-bond donors (Lipinski definition) is 2. The van der Waals surface area contributed by atoms with Gasteiger partial charge in [-0.25, -0.2) is 0 Å². The van der Waals surface area contributed by atoms with E-state index in [1.54, 1.807) is 0 Å². The molecule has 146 valence electrons. The Morgan fingerprint density at radius 1 is 1.26 bits per heavy atom. The summed E-state index contributed by atoms with van der Waals surface area (Å²) in [6, 6.07) is 6.13. The summed E-state index contributed by atoms with van der Waals surface area (Å²) in [5.74, 6) is 0.615. The zero-order valence-corrected chi connectivity index (χ0v) is 16.2. The van der Waals surface area contributed by atoms with Crippen molar-refractivity contribution in [1.29, 1.82) is 0 Å². The Morgan fingerprint density at radius 2 is 2.00 bits per heavy atom. The summed E-state index contributed by atoms with van der Waals surface area (Å²) < 4.78 is 7.23. The number of carbonyl (C=O) groups excluding carboxylic acids is 1. The van der Waals surface area contributed by atoms with Gasteiger partial charge in [0.15, 0.2) is 0 Å². The van der Waals surface area contributed by atoms with Crippen LogP contribution in [0.15, 0.2) is 24.4 Å². The number of hydrogen-bond acceptors (Lipinski definition) is 3. The minimum absolute atomic E-state index is 0.106. The van der Waals surface area contributed by atoms with Crippen LogP contribution in [0.2, 0.25) is 0 Å². The summed E-state index contributed by atoms with van der Waals surface area (Å²) in [5.41, 5.74) is 2.22. The molecule has 2 aromatic rings. The first-order valence-electron chi connectivity index (χ1n) is 10.2. The van der Waals surface area contributed by atoms with Crippen LogP contribution in [0, 0.1) is 12.8 Å². The Morgan fingerprint density at radius 3 is 2.67 bits per heavy atom. The third-order valence-electron chi connectivity index (χ3n) is 6.04. The Bertz CT molecular complexity index is 814. The monoisotopic (exact) mass is 370 g/mol. The van der Waals surface area contributed by atoms with Gasteiger partial charge >= 0.3 is 0 Å². The fourth-order valence-electron chi connectivity index (χ4n) is 4.54. The summed E-state index contributed by atoms with van der Waals surface area (Å²) >= 11 is 0. The number of benzene rings is 1.